The second kappa shape index (κ2) is 8.08. The zero-order valence-corrected chi connectivity index (χ0v) is 13.2. The van der Waals surface area contributed by atoms with Crippen molar-refractivity contribution in [3.8, 4) is 0 Å². The van der Waals surface area contributed by atoms with Crippen molar-refractivity contribution in [1.29, 1.82) is 0 Å². The van der Waals surface area contributed by atoms with Gasteiger partial charge in [-0.1, -0.05) is 11.6 Å². The summed E-state index contributed by atoms with van der Waals surface area (Å²) in [6, 6.07) is 3.46. The molecule has 0 radical (unpaired) electrons. The van der Waals surface area contributed by atoms with E-state index in [0.29, 0.717) is 6.61 Å². The van der Waals surface area contributed by atoms with Gasteiger partial charge in [0.2, 0.25) is 10.0 Å². The van der Waals surface area contributed by atoms with Crippen LogP contribution >= 0.6 is 11.6 Å². The van der Waals surface area contributed by atoms with Crippen LogP contribution in [-0.2, 0) is 24.3 Å². The number of sulfonamides is 1. The van der Waals surface area contributed by atoms with Crippen LogP contribution < -0.4 is 10.5 Å². The van der Waals surface area contributed by atoms with Gasteiger partial charge in [0.15, 0.2) is 6.61 Å². The van der Waals surface area contributed by atoms with Crippen LogP contribution in [0.2, 0.25) is 5.02 Å². The Morgan fingerprint density at radius 1 is 1.36 bits per heavy atom. The number of hydrogen-bond acceptors (Lipinski definition) is 6. The number of hydrogen-bond donors (Lipinski definition) is 2. The van der Waals surface area contributed by atoms with Gasteiger partial charge in [-0.2, -0.15) is 0 Å². The molecule has 10 heteroatoms. The van der Waals surface area contributed by atoms with Crippen molar-refractivity contribution in [3.63, 3.8) is 0 Å². The lowest BCUT2D eigenvalue weighted by molar-refractivity contribution is -0.124. The maximum Gasteiger partial charge on any atom is 0.338 e. The van der Waals surface area contributed by atoms with Crippen molar-refractivity contribution >= 4 is 33.5 Å². The molecule has 0 fully saturated rings. The number of esters is 1. The van der Waals surface area contributed by atoms with Crippen LogP contribution in [-0.4, -0.2) is 47.2 Å². The van der Waals surface area contributed by atoms with E-state index in [-0.39, 0.29) is 17.1 Å². The molecule has 0 aliphatic rings. The number of halogens is 1. The first-order chi connectivity index (χ1) is 10.3. The molecule has 0 aliphatic carbocycles. The zero-order chi connectivity index (χ0) is 16.8. The fraction of sp³-hybridized carbons (Fsp3) is 0.333. The van der Waals surface area contributed by atoms with Gasteiger partial charge in [-0.3, -0.25) is 4.79 Å². The molecule has 0 bridgehead atoms. The van der Waals surface area contributed by atoms with E-state index in [2.05, 4.69) is 5.32 Å². The van der Waals surface area contributed by atoms with Gasteiger partial charge < -0.3 is 14.8 Å². The number of nitrogens with two attached hydrogens (primary N) is 1. The fourth-order valence-corrected chi connectivity index (χ4v) is 2.48. The molecule has 8 nitrogen and oxygen atoms in total. The Bertz CT molecular complexity index is 662. The number of benzene rings is 1. The van der Waals surface area contributed by atoms with Crippen molar-refractivity contribution in [3.05, 3.63) is 28.8 Å². The Balaban J connectivity index is 2.69. The highest BCUT2D eigenvalue weighted by molar-refractivity contribution is 7.89. The average Bonchev–Trinajstić information content (AvgIpc) is 2.44. The highest BCUT2D eigenvalue weighted by Crippen LogP contribution is 2.21. The van der Waals surface area contributed by atoms with Crippen LogP contribution in [0, 0.1) is 0 Å². The normalized spacial score (nSPS) is 11.0. The quantitative estimate of drug-likeness (QED) is 0.523. The molecule has 122 valence electrons. The van der Waals surface area contributed by atoms with Crippen molar-refractivity contribution < 1.29 is 27.5 Å². The lowest BCUT2D eigenvalue weighted by Gasteiger charge is -2.07. The summed E-state index contributed by atoms with van der Waals surface area (Å²) in [5.41, 5.74) is -0.0851. The Hall–Kier alpha value is -1.68. The molecular weight excluding hydrogens is 336 g/mol. The highest BCUT2D eigenvalue weighted by Gasteiger charge is 2.17. The number of amides is 1. The Morgan fingerprint density at radius 2 is 2.05 bits per heavy atom. The molecular formula is C12H15ClN2O6S. The van der Waals surface area contributed by atoms with Crippen molar-refractivity contribution in [2.24, 2.45) is 5.14 Å². The molecule has 0 unspecified atom stereocenters. The summed E-state index contributed by atoms with van der Waals surface area (Å²) in [6.45, 7) is 0.105. The van der Waals surface area contributed by atoms with Crippen LogP contribution in [0.5, 0.6) is 0 Å². The van der Waals surface area contributed by atoms with Crippen molar-refractivity contribution in [2.45, 2.75) is 4.90 Å². The largest absolute Gasteiger partial charge is 0.452 e. The Morgan fingerprint density at radius 3 is 2.64 bits per heavy atom. The molecule has 1 amide bonds. The van der Waals surface area contributed by atoms with Gasteiger partial charge in [0.05, 0.1) is 17.2 Å². The van der Waals surface area contributed by atoms with Gasteiger partial charge in [-0.15, -0.1) is 0 Å². The van der Waals surface area contributed by atoms with E-state index >= 15 is 0 Å². The second-order valence-electron chi connectivity index (χ2n) is 4.11. The van der Waals surface area contributed by atoms with E-state index < -0.39 is 33.4 Å². The van der Waals surface area contributed by atoms with Gasteiger partial charge in [-0.25, -0.2) is 18.4 Å². The van der Waals surface area contributed by atoms with Crippen LogP contribution in [0.1, 0.15) is 10.4 Å². The van der Waals surface area contributed by atoms with E-state index in [4.69, 9.17) is 26.2 Å². The van der Waals surface area contributed by atoms with E-state index in [9.17, 15) is 18.0 Å². The zero-order valence-electron chi connectivity index (χ0n) is 11.7. The van der Waals surface area contributed by atoms with Gasteiger partial charge in [0, 0.05) is 13.7 Å². The third-order valence-electron chi connectivity index (χ3n) is 2.44. The van der Waals surface area contributed by atoms with Crippen molar-refractivity contribution in [2.75, 3.05) is 26.9 Å². The van der Waals surface area contributed by atoms with E-state index in [0.717, 1.165) is 6.07 Å². The standard InChI is InChI=1S/C12H15ClN2O6S/c1-20-5-4-15-11(16)7-21-12(17)8-2-3-9(13)10(6-8)22(14,18)19/h2-3,6H,4-5,7H2,1H3,(H,15,16)(H2,14,18,19). The van der Waals surface area contributed by atoms with E-state index in [1.54, 1.807) is 0 Å². The molecule has 22 heavy (non-hydrogen) atoms. The fourth-order valence-electron chi connectivity index (χ4n) is 1.41. The molecule has 1 rings (SSSR count). The minimum absolute atomic E-state index is 0.0851. The minimum atomic E-state index is -4.07. The molecule has 1 aromatic carbocycles. The van der Waals surface area contributed by atoms with Crippen LogP contribution in [0.25, 0.3) is 0 Å². The molecule has 0 spiro atoms. The molecule has 3 N–H and O–H groups in total. The van der Waals surface area contributed by atoms with Crippen LogP contribution in [0.3, 0.4) is 0 Å². The van der Waals surface area contributed by atoms with Gasteiger partial charge in [0.1, 0.15) is 4.90 Å². The summed E-state index contributed by atoms with van der Waals surface area (Å²) in [6.07, 6.45) is 0. The minimum Gasteiger partial charge on any atom is -0.452 e. The first-order valence-electron chi connectivity index (χ1n) is 6.01. The van der Waals surface area contributed by atoms with Crippen molar-refractivity contribution in [1.82, 2.24) is 5.32 Å². The molecule has 0 aromatic heterocycles. The summed E-state index contributed by atoms with van der Waals surface area (Å²) < 4.78 is 32.1. The Labute approximate surface area is 132 Å². The molecule has 0 saturated heterocycles. The topological polar surface area (TPSA) is 125 Å². The summed E-state index contributed by atoms with van der Waals surface area (Å²) in [4.78, 5) is 22.7. The number of carbonyl (C=O) groups excluding carboxylic acids is 2. The predicted octanol–water partition coefficient (Wildman–Crippen LogP) is -0.0932. The summed E-state index contributed by atoms with van der Waals surface area (Å²) in [5.74, 6) is -1.38. The van der Waals surface area contributed by atoms with Gasteiger partial charge in [0.25, 0.3) is 5.91 Å². The summed E-state index contributed by atoms with van der Waals surface area (Å²) in [5, 5.41) is 7.32. The number of rotatable bonds is 7. The number of primary sulfonamides is 1. The average molecular weight is 351 g/mol. The molecule has 0 atom stereocenters. The maximum atomic E-state index is 11.8. The second-order valence-corrected chi connectivity index (χ2v) is 6.05. The van der Waals surface area contributed by atoms with E-state index in [1.807, 2.05) is 0 Å². The van der Waals surface area contributed by atoms with Crippen LogP contribution in [0.15, 0.2) is 23.1 Å². The first-order valence-corrected chi connectivity index (χ1v) is 7.93. The summed E-state index contributed by atoms with van der Waals surface area (Å²) >= 11 is 5.70. The smallest absolute Gasteiger partial charge is 0.338 e. The van der Waals surface area contributed by atoms with Gasteiger partial charge in [-0.05, 0) is 18.2 Å². The SMILES string of the molecule is COCCNC(=O)COC(=O)c1ccc(Cl)c(S(N)(=O)=O)c1. The number of carbonyl (C=O) groups is 2. The van der Waals surface area contributed by atoms with Gasteiger partial charge >= 0.3 is 5.97 Å². The molecule has 1 aromatic rings. The molecule has 0 heterocycles. The monoisotopic (exact) mass is 350 g/mol. The third-order valence-corrected chi connectivity index (χ3v) is 3.83. The van der Waals surface area contributed by atoms with E-state index in [1.165, 1.54) is 19.2 Å². The molecule has 0 aliphatic heterocycles. The first kappa shape index (κ1) is 18.4. The maximum absolute atomic E-state index is 11.8. The lowest BCUT2D eigenvalue weighted by Crippen LogP contribution is -2.31. The lowest BCUT2D eigenvalue weighted by atomic mass is 10.2. The third kappa shape index (κ3) is 5.60. The highest BCUT2D eigenvalue weighted by atomic mass is 35.5. The Kier molecular flexibility index (Phi) is 6.75. The number of methoxy groups -OCH3 is 1. The predicted molar refractivity (Wildman–Crippen MR) is 78.0 cm³/mol. The number of ether oxygens (including phenoxy) is 2. The summed E-state index contributed by atoms with van der Waals surface area (Å²) in [7, 11) is -2.59. The molecule has 0 saturated carbocycles. The number of nitrogens with one attached hydrogen (secondary N) is 1. The van der Waals surface area contributed by atoms with Crippen LogP contribution in [0.4, 0.5) is 0 Å².